The Morgan fingerprint density at radius 3 is 1.22 bits per heavy atom. The number of fused-ring (bicyclic) bond motifs is 3. The van der Waals surface area contributed by atoms with Gasteiger partial charge >= 0.3 is 0 Å². The fourth-order valence-corrected chi connectivity index (χ4v) is 8.81. The second-order valence-electron chi connectivity index (χ2n) is 19.1. The molecule has 20 radical (unpaired) electrons. The lowest BCUT2D eigenvalue weighted by atomic mass is 9.60. The molecule has 14 heteroatoms. The summed E-state index contributed by atoms with van der Waals surface area (Å²) in [6, 6.07) is 35.6. The molecule has 0 unspecified atom stereocenters. The van der Waals surface area contributed by atoms with Gasteiger partial charge in [0.25, 0.3) is 0 Å². The molecule has 7 aromatic carbocycles. The van der Waals surface area contributed by atoms with Crippen LogP contribution in [0.4, 0.5) is 0 Å². The third-order valence-corrected chi connectivity index (χ3v) is 12.6. The molecular formula is C53H35B10N3O. The minimum Gasteiger partial charge on any atom is -0.455 e. The summed E-state index contributed by atoms with van der Waals surface area (Å²) in [5.41, 5.74) is 10.7. The van der Waals surface area contributed by atoms with Gasteiger partial charge in [-0.05, 0) is 56.8 Å². The van der Waals surface area contributed by atoms with Gasteiger partial charge in [-0.2, -0.15) is 0 Å². The molecule has 0 saturated carbocycles. The van der Waals surface area contributed by atoms with Crippen LogP contribution in [-0.4, -0.2) is 93.4 Å². The SMILES string of the molecule is [B]c1c([B])c([B])c(-c2nc(-c3ccc(-c4c(-c5ccccc5)cc(C(C)(C)C)c5oc6c(C(C)(C)C)cc(-c7ccccc7)cc6c45)cc3)nc(-c3c([B])c([B])c([B])c([B])c3[B])n2)c([B])c1[B]. The van der Waals surface area contributed by atoms with Crippen LogP contribution < -0.4 is 54.6 Å². The molecular weight excluding hydrogens is 803 g/mol. The van der Waals surface area contributed by atoms with E-state index in [0.29, 0.717) is 5.56 Å². The Bertz CT molecular complexity index is 3320. The third-order valence-electron chi connectivity index (χ3n) is 12.6. The Morgan fingerprint density at radius 2 is 0.761 bits per heavy atom. The molecule has 0 aliphatic carbocycles. The van der Waals surface area contributed by atoms with Crippen molar-refractivity contribution in [2.45, 2.75) is 52.4 Å². The zero-order chi connectivity index (χ0) is 48.0. The summed E-state index contributed by atoms with van der Waals surface area (Å²) in [5.74, 6) is 0.245. The highest BCUT2D eigenvalue weighted by molar-refractivity contribution is 6.70. The first-order valence-corrected chi connectivity index (χ1v) is 21.8. The summed E-state index contributed by atoms with van der Waals surface area (Å²) in [4.78, 5) is 14.6. The van der Waals surface area contributed by atoms with Gasteiger partial charge in [-0.15, -0.1) is 32.8 Å². The molecule has 9 aromatic rings. The summed E-state index contributed by atoms with van der Waals surface area (Å²) in [6.07, 6.45) is 0. The van der Waals surface area contributed by atoms with E-state index >= 15 is 0 Å². The second kappa shape index (κ2) is 17.0. The lowest BCUT2D eigenvalue weighted by Crippen LogP contribution is -2.55. The molecule has 0 spiro atoms. The normalized spacial score (nSPS) is 12.0. The van der Waals surface area contributed by atoms with Gasteiger partial charge in [0.1, 0.15) is 89.6 Å². The fraction of sp³-hybridized carbons (Fsp3) is 0.151. The zero-order valence-electron chi connectivity index (χ0n) is 38.3. The quantitative estimate of drug-likeness (QED) is 0.242. The fourth-order valence-electron chi connectivity index (χ4n) is 8.81. The predicted octanol–water partition coefficient (Wildman–Crippen LogP) is 2.31. The second-order valence-corrected chi connectivity index (χ2v) is 19.1. The van der Waals surface area contributed by atoms with Crippen molar-refractivity contribution in [1.82, 2.24) is 15.0 Å². The highest BCUT2D eigenvalue weighted by Crippen LogP contribution is 2.49. The standard InChI is InChI=1S/C53H35B10N3O/c1-52(2,3)31-22-28(24-13-9-7-10-14-24)21-30-34-33(29(25-15-11-8-12-16-25)23-32(53(4,5)6)48(34)67-47(30)31)26-17-19-27(20-18-26)49-64-50(35-37(54)41(58)45(62)42(59)38(35)55)66-51(65-49)36-39(56)43(60)46(63)44(61)40(36)57/h7-23H,1-6H3. The maximum atomic E-state index is 7.18. The lowest BCUT2D eigenvalue weighted by molar-refractivity contribution is 0.557. The number of aromatic nitrogens is 3. The van der Waals surface area contributed by atoms with Gasteiger partial charge in [-0.25, -0.2) is 15.0 Å². The highest BCUT2D eigenvalue weighted by atomic mass is 16.3. The predicted molar refractivity (Wildman–Crippen MR) is 291 cm³/mol. The van der Waals surface area contributed by atoms with Crippen molar-refractivity contribution in [2.75, 3.05) is 0 Å². The molecule has 0 atom stereocenters. The van der Waals surface area contributed by atoms with Crippen molar-refractivity contribution in [3.8, 4) is 67.5 Å². The topological polar surface area (TPSA) is 51.8 Å². The molecule has 0 saturated heterocycles. The molecule has 0 fully saturated rings. The van der Waals surface area contributed by atoms with E-state index in [4.69, 9.17) is 97.8 Å². The molecule has 2 aromatic heterocycles. The van der Waals surface area contributed by atoms with Crippen LogP contribution in [0.15, 0.2) is 108 Å². The molecule has 4 nitrogen and oxygen atoms in total. The van der Waals surface area contributed by atoms with Crippen LogP contribution in [0.2, 0.25) is 0 Å². The average Bonchev–Trinajstić information content (AvgIpc) is 3.70. The summed E-state index contributed by atoms with van der Waals surface area (Å²) in [7, 11) is 64.0. The minimum absolute atomic E-state index is 0.0184. The Kier molecular flexibility index (Phi) is 11.7. The van der Waals surface area contributed by atoms with Crippen LogP contribution in [0.1, 0.15) is 52.7 Å². The molecule has 2 heterocycles. The summed E-state index contributed by atoms with van der Waals surface area (Å²) >= 11 is 0. The summed E-state index contributed by atoms with van der Waals surface area (Å²) in [5, 5.41) is 2.03. The van der Waals surface area contributed by atoms with Crippen LogP contribution in [0, 0.1) is 0 Å². The van der Waals surface area contributed by atoms with Gasteiger partial charge in [0.15, 0.2) is 17.5 Å². The van der Waals surface area contributed by atoms with Crippen molar-refractivity contribution in [3.05, 3.63) is 114 Å². The van der Waals surface area contributed by atoms with Crippen molar-refractivity contribution in [1.29, 1.82) is 0 Å². The number of hydrogen-bond acceptors (Lipinski definition) is 4. The molecule has 0 aliphatic rings. The Labute approximate surface area is 406 Å². The van der Waals surface area contributed by atoms with Crippen LogP contribution in [0.25, 0.3) is 89.5 Å². The van der Waals surface area contributed by atoms with E-state index in [9.17, 15) is 0 Å². The third kappa shape index (κ3) is 7.88. The number of benzene rings is 7. The van der Waals surface area contributed by atoms with Gasteiger partial charge in [0, 0.05) is 44.2 Å². The number of rotatable bonds is 6. The molecule has 67 heavy (non-hydrogen) atoms. The summed E-state index contributed by atoms with van der Waals surface area (Å²) < 4.78 is 7.18. The van der Waals surface area contributed by atoms with E-state index < -0.39 is 0 Å². The first-order valence-electron chi connectivity index (χ1n) is 21.8. The number of furan rings is 1. The minimum atomic E-state index is -0.282. The Balaban J connectivity index is 1.35. The first-order chi connectivity index (χ1) is 31.7. The average molecular weight is 838 g/mol. The van der Waals surface area contributed by atoms with E-state index in [0.717, 1.165) is 66.4 Å². The summed E-state index contributed by atoms with van der Waals surface area (Å²) in [6.45, 7) is 13.3. The van der Waals surface area contributed by atoms with Crippen LogP contribution in [0.3, 0.4) is 0 Å². The maximum Gasteiger partial charge on any atom is 0.164 e. The van der Waals surface area contributed by atoms with Gasteiger partial charge in [-0.1, -0.05) is 148 Å². The molecule has 0 bridgehead atoms. The monoisotopic (exact) mass is 839 g/mol. The molecule has 298 valence electrons. The van der Waals surface area contributed by atoms with Crippen LogP contribution >= 0.6 is 0 Å². The van der Waals surface area contributed by atoms with E-state index in [1.165, 1.54) is 0 Å². The van der Waals surface area contributed by atoms with Crippen molar-refractivity contribution >= 4 is 155 Å². The van der Waals surface area contributed by atoms with Crippen molar-refractivity contribution in [2.24, 2.45) is 0 Å². The van der Waals surface area contributed by atoms with Crippen LogP contribution in [0.5, 0.6) is 0 Å². The number of nitrogens with zero attached hydrogens (tertiary/aromatic N) is 3. The highest BCUT2D eigenvalue weighted by Gasteiger charge is 2.30. The zero-order valence-corrected chi connectivity index (χ0v) is 38.3. The van der Waals surface area contributed by atoms with E-state index in [-0.39, 0.29) is 94.1 Å². The van der Waals surface area contributed by atoms with Crippen molar-refractivity contribution < 1.29 is 4.42 Å². The first kappa shape index (κ1) is 46.1. The van der Waals surface area contributed by atoms with Crippen molar-refractivity contribution in [3.63, 3.8) is 0 Å². The van der Waals surface area contributed by atoms with Gasteiger partial charge in [0.05, 0.1) is 0 Å². The molecule has 9 rings (SSSR count). The smallest absolute Gasteiger partial charge is 0.164 e. The lowest BCUT2D eigenvalue weighted by Gasteiger charge is -2.23. The van der Waals surface area contributed by atoms with Gasteiger partial charge < -0.3 is 4.42 Å². The maximum absolute atomic E-state index is 7.18. The largest absolute Gasteiger partial charge is 0.455 e. The molecule has 0 N–H and O–H groups in total. The van der Waals surface area contributed by atoms with E-state index in [1.54, 1.807) is 0 Å². The van der Waals surface area contributed by atoms with Gasteiger partial charge in [0.2, 0.25) is 0 Å². The molecule has 0 amide bonds. The molecule has 0 aliphatic heterocycles. The van der Waals surface area contributed by atoms with Gasteiger partial charge in [-0.3, -0.25) is 0 Å². The van der Waals surface area contributed by atoms with Crippen LogP contribution in [-0.2, 0) is 10.8 Å². The van der Waals surface area contributed by atoms with E-state index in [1.807, 2.05) is 36.4 Å². The number of hydrogen-bond donors (Lipinski definition) is 0. The Morgan fingerprint density at radius 1 is 0.358 bits per heavy atom. The Hall–Kier alpha value is -6.00. The van der Waals surface area contributed by atoms with E-state index in [2.05, 4.69) is 108 Å².